The molecular formula is C25H26F2N4O2. The molecule has 3 aromatic rings. The van der Waals surface area contributed by atoms with E-state index in [1.165, 1.54) is 36.5 Å². The fraction of sp³-hybridized carbons (Fsp3) is 0.320. The van der Waals surface area contributed by atoms with Crippen LogP contribution in [0.1, 0.15) is 29.9 Å². The lowest BCUT2D eigenvalue weighted by molar-refractivity contribution is -0.385. The van der Waals surface area contributed by atoms with E-state index in [9.17, 15) is 18.9 Å². The molecule has 0 aliphatic carbocycles. The zero-order valence-electron chi connectivity index (χ0n) is 18.2. The third-order valence-electron chi connectivity index (χ3n) is 6.15. The summed E-state index contributed by atoms with van der Waals surface area (Å²) in [7, 11) is 0. The molecule has 8 heteroatoms. The largest absolute Gasteiger partial charge is 0.354 e. The highest BCUT2D eigenvalue weighted by atomic mass is 19.1. The summed E-state index contributed by atoms with van der Waals surface area (Å²) in [5, 5.41) is 10.8. The van der Waals surface area contributed by atoms with Crippen molar-refractivity contribution in [3.05, 3.63) is 99.7 Å². The Bertz CT molecular complexity index is 1010. The minimum atomic E-state index is -0.445. The molecule has 2 heterocycles. The third-order valence-corrected chi connectivity index (χ3v) is 6.15. The number of anilines is 1. The molecule has 6 nitrogen and oxygen atoms in total. The smallest absolute Gasteiger partial charge is 0.287 e. The quantitative estimate of drug-likeness (QED) is 0.355. The Morgan fingerprint density at radius 3 is 1.94 bits per heavy atom. The number of piperazine rings is 1. The van der Waals surface area contributed by atoms with Gasteiger partial charge in [-0.3, -0.25) is 15.0 Å². The number of nitro groups is 1. The molecule has 1 aromatic heterocycles. The van der Waals surface area contributed by atoms with Crippen LogP contribution in [0.25, 0.3) is 0 Å². The predicted octanol–water partition coefficient (Wildman–Crippen LogP) is 5.00. The summed E-state index contributed by atoms with van der Waals surface area (Å²) < 4.78 is 26.8. The molecule has 1 saturated heterocycles. The van der Waals surface area contributed by atoms with Crippen molar-refractivity contribution in [1.82, 2.24) is 9.88 Å². The lowest BCUT2D eigenvalue weighted by Gasteiger charge is -2.35. The summed E-state index contributed by atoms with van der Waals surface area (Å²) in [5.74, 6) is 0.304. The number of benzene rings is 2. The van der Waals surface area contributed by atoms with Gasteiger partial charge in [0.1, 0.15) is 23.6 Å². The Labute approximate surface area is 191 Å². The number of aromatic nitrogens is 1. The molecular weight excluding hydrogens is 426 g/mol. The van der Waals surface area contributed by atoms with Crippen molar-refractivity contribution in [2.24, 2.45) is 0 Å². The molecule has 0 saturated carbocycles. The zero-order valence-corrected chi connectivity index (χ0v) is 18.2. The topological polar surface area (TPSA) is 62.5 Å². The molecule has 1 fully saturated rings. The summed E-state index contributed by atoms with van der Waals surface area (Å²) in [4.78, 5) is 19.1. The SMILES string of the molecule is O=[N+]([O-])c1ccc(N2CCN(CCCC(c3ccc(F)cc3)c3ccc(F)cc3)CC2)nc1. The number of halogens is 2. The van der Waals surface area contributed by atoms with E-state index in [4.69, 9.17) is 0 Å². The molecule has 4 rings (SSSR count). The number of nitrogens with zero attached hydrogens (tertiary/aromatic N) is 4. The van der Waals surface area contributed by atoms with E-state index < -0.39 is 4.92 Å². The molecule has 0 bridgehead atoms. The fourth-order valence-electron chi connectivity index (χ4n) is 4.31. The van der Waals surface area contributed by atoms with Gasteiger partial charge >= 0.3 is 0 Å². The number of rotatable bonds is 8. The molecule has 172 valence electrons. The first-order valence-corrected chi connectivity index (χ1v) is 11.1. The van der Waals surface area contributed by atoms with E-state index in [2.05, 4.69) is 14.8 Å². The average Bonchev–Trinajstić information content (AvgIpc) is 2.84. The van der Waals surface area contributed by atoms with Crippen molar-refractivity contribution >= 4 is 11.5 Å². The maximum Gasteiger partial charge on any atom is 0.287 e. The van der Waals surface area contributed by atoms with E-state index >= 15 is 0 Å². The van der Waals surface area contributed by atoms with Crippen LogP contribution in [0.5, 0.6) is 0 Å². The third kappa shape index (κ3) is 5.90. The van der Waals surface area contributed by atoms with Crippen LogP contribution >= 0.6 is 0 Å². The van der Waals surface area contributed by atoms with Gasteiger partial charge in [-0.2, -0.15) is 0 Å². The number of hydrogen-bond donors (Lipinski definition) is 0. The summed E-state index contributed by atoms with van der Waals surface area (Å²) >= 11 is 0. The second-order valence-corrected chi connectivity index (χ2v) is 8.26. The van der Waals surface area contributed by atoms with Gasteiger partial charge in [0.25, 0.3) is 5.69 Å². The van der Waals surface area contributed by atoms with E-state index in [1.807, 2.05) is 0 Å². The molecule has 0 atom stereocenters. The Morgan fingerprint density at radius 1 is 0.879 bits per heavy atom. The van der Waals surface area contributed by atoms with E-state index in [1.54, 1.807) is 30.3 Å². The summed E-state index contributed by atoms with van der Waals surface area (Å²) in [5.41, 5.74) is 2.04. The standard InChI is InChI=1S/C25H26F2N4O2/c26-21-7-3-19(4-8-21)24(20-5-9-22(27)10-6-20)2-1-13-29-14-16-30(17-15-29)25-12-11-23(18-28-25)31(32)33/h3-12,18,24H,1-2,13-17H2. The maximum absolute atomic E-state index is 13.4. The van der Waals surface area contributed by atoms with Gasteiger partial charge in [0.15, 0.2) is 0 Å². The molecule has 0 spiro atoms. The van der Waals surface area contributed by atoms with Crippen LogP contribution in [-0.2, 0) is 0 Å². The minimum absolute atomic E-state index is 0.00532. The van der Waals surface area contributed by atoms with Gasteiger partial charge < -0.3 is 4.90 Å². The van der Waals surface area contributed by atoms with Gasteiger partial charge in [-0.15, -0.1) is 0 Å². The lowest BCUT2D eigenvalue weighted by Crippen LogP contribution is -2.46. The van der Waals surface area contributed by atoms with Gasteiger partial charge in [0, 0.05) is 38.2 Å². The minimum Gasteiger partial charge on any atom is -0.354 e. The summed E-state index contributed by atoms with van der Waals surface area (Å²) in [6.45, 7) is 4.32. The first-order valence-electron chi connectivity index (χ1n) is 11.1. The Balaban J connectivity index is 1.32. The second-order valence-electron chi connectivity index (χ2n) is 8.26. The van der Waals surface area contributed by atoms with Crippen LogP contribution in [0.3, 0.4) is 0 Å². The van der Waals surface area contributed by atoms with Crippen LogP contribution in [0.4, 0.5) is 20.3 Å². The molecule has 2 aromatic carbocycles. The highest BCUT2D eigenvalue weighted by molar-refractivity contribution is 5.43. The van der Waals surface area contributed by atoms with Gasteiger partial charge in [0.2, 0.25) is 0 Å². The van der Waals surface area contributed by atoms with Crippen molar-refractivity contribution in [3.8, 4) is 0 Å². The first kappa shape index (κ1) is 22.8. The fourth-order valence-corrected chi connectivity index (χ4v) is 4.31. The summed E-state index contributed by atoms with van der Waals surface area (Å²) in [6.07, 6.45) is 3.13. The molecule has 1 aliphatic heterocycles. The monoisotopic (exact) mass is 452 g/mol. The average molecular weight is 453 g/mol. The lowest BCUT2D eigenvalue weighted by atomic mass is 9.87. The van der Waals surface area contributed by atoms with Gasteiger partial charge in [-0.05, 0) is 60.8 Å². The van der Waals surface area contributed by atoms with Crippen LogP contribution < -0.4 is 4.90 Å². The Kier molecular flexibility index (Phi) is 7.24. The number of pyridine rings is 1. The first-order chi connectivity index (χ1) is 16.0. The molecule has 0 amide bonds. The molecule has 0 N–H and O–H groups in total. The van der Waals surface area contributed by atoms with Gasteiger partial charge in [0.05, 0.1) is 4.92 Å². The van der Waals surface area contributed by atoms with Crippen molar-refractivity contribution < 1.29 is 13.7 Å². The van der Waals surface area contributed by atoms with Crippen LogP contribution in [0.15, 0.2) is 66.9 Å². The van der Waals surface area contributed by atoms with Crippen LogP contribution in [0, 0.1) is 21.7 Å². The van der Waals surface area contributed by atoms with Crippen LogP contribution in [0.2, 0.25) is 0 Å². The van der Waals surface area contributed by atoms with Crippen LogP contribution in [-0.4, -0.2) is 47.5 Å². The predicted molar refractivity (Wildman–Crippen MR) is 123 cm³/mol. The van der Waals surface area contributed by atoms with Crippen molar-refractivity contribution in [1.29, 1.82) is 0 Å². The normalized spacial score (nSPS) is 14.6. The number of hydrogen-bond acceptors (Lipinski definition) is 5. The maximum atomic E-state index is 13.4. The summed E-state index contributed by atoms with van der Waals surface area (Å²) in [6, 6.07) is 16.3. The van der Waals surface area contributed by atoms with E-state index in [-0.39, 0.29) is 23.2 Å². The molecule has 0 unspecified atom stereocenters. The van der Waals surface area contributed by atoms with E-state index in [0.29, 0.717) is 0 Å². The van der Waals surface area contributed by atoms with E-state index in [0.717, 1.165) is 62.5 Å². The highest BCUT2D eigenvalue weighted by Gasteiger charge is 2.20. The Morgan fingerprint density at radius 2 is 1.45 bits per heavy atom. The van der Waals surface area contributed by atoms with Crippen molar-refractivity contribution in [2.75, 3.05) is 37.6 Å². The second kappa shape index (κ2) is 10.5. The van der Waals surface area contributed by atoms with Gasteiger partial charge in [-0.1, -0.05) is 24.3 Å². The van der Waals surface area contributed by atoms with Crippen molar-refractivity contribution in [2.45, 2.75) is 18.8 Å². The highest BCUT2D eigenvalue weighted by Crippen LogP contribution is 2.30. The molecule has 33 heavy (non-hydrogen) atoms. The zero-order chi connectivity index (χ0) is 23.2. The molecule has 1 aliphatic rings. The van der Waals surface area contributed by atoms with Crippen molar-refractivity contribution in [3.63, 3.8) is 0 Å². The Hall–Kier alpha value is -3.39. The van der Waals surface area contributed by atoms with Gasteiger partial charge in [-0.25, -0.2) is 13.8 Å². The molecule has 0 radical (unpaired) electrons.